The van der Waals surface area contributed by atoms with E-state index >= 15 is 0 Å². The molecule has 1 aromatic rings. The van der Waals surface area contributed by atoms with Crippen LogP contribution in [0, 0.1) is 5.82 Å². The summed E-state index contributed by atoms with van der Waals surface area (Å²) >= 11 is 0. The largest absolute Gasteiger partial charge is 0.465 e. The Kier molecular flexibility index (Phi) is 3.08. The van der Waals surface area contributed by atoms with Gasteiger partial charge in [0, 0.05) is 19.0 Å². The van der Waals surface area contributed by atoms with Crippen molar-refractivity contribution in [1.29, 1.82) is 0 Å². The summed E-state index contributed by atoms with van der Waals surface area (Å²) in [7, 11) is 0. The average molecular weight is 223 g/mol. The molecule has 3 nitrogen and oxygen atoms in total. The maximum atomic E-state index is 12.8. The monoisotopic (exact) mass is 223 g/mol. The molecule has 2 rings (SSSR count). The lowest BCUT2D eigenvalue weighted by Gasteiger charge is -2.30. The Morgan fingerprint density at radius 3 is 2.69 bits per heavy atom. The van der Waals surface area contributed by atoms with Crippen molar-refractivity contribution >= 4 is 6.09 Å². The molecule has 1 fully saturated rings. The molecule has 0 aliphatic carbocycles. The maximum Gasteiger partial charge on any atom is 0.407 e. The minimum atomic E-state index is -0.869. The van der Waals surface area contributed by atoms with Crippen LogP contribution in [0.2, 0.25) is 0 Å². The molecular weight excluding hydrogens is 209 g/mol. The van der Waals surface area contributed by atoms with Crippen molar-refractivity contribution < 1.29 is 14.3 Å². The molecule has 1 aliphatic heterocycles. The minimum Gasteiger partial charge on any atom is -0.465 e. The van der Waals surface area contributed by atoms with Crippen molar-refractivity contribution in [2.45, 2.75) is 18.8 Å². The zero-order chi connectivity index (χ0) is 11.5. The molecule has 1 saturated heterocycles. The van der Waals surface area contributed by atoms with Gasteiger partial charge in [0.15, 0.2) is 0 Å². The molecule has 1 heterocycles. The first-order valence-corrected chi connectivity index (χ1v) is 5.40. The molecule has 0 aromatic heterocycles. The van der Waals surface area contributed by atoms with Crippen LogP contribution < -0.4 is 0 Å². The highest BCUT2D eigenvalue weighted by atomic mass is 19.1. The smallest absolute Gasteiger partial charge is 0.407 e. The first-order valence-electron chi connectivity index (χ1n) is 5.40. The van der Waals surface area contributed by atoms with Crippen molar-refractivity contribution in [2.24, 2.45) is 0 Å². The van der Waals surface area contributed by atoms with E-state index in [-0.39, 0.29) is 11.7 Å². The van der Waals surface area contributed by atoms with Crippen LogP contribution >= 0.6 is 0 Å². The summed E-state index contributed by atoms with van der Waals surface area (Å²) in [6.07, 6.45) is 0.968. The molecule has 0 radical (unpaired) electrons. The molecule has 1 amide bonds. The second-order valence-corrected chi connectivity index (χ2v) is 4.12. The van der Waals surface area contributed by atoms with Crippen LogP contribution in [0.3, 0.4) is 0 Å². The molecule has 1 N–H and O–H groups in total. The van der Waals surface area contributed by atoms with E-state index in [4.69, 9.17) is 5.11 Å². The zero-order valence-corrected chi connectivity index (χ0v) is 8.90. The Labute approximate surface area is 93.5 Å². The lowest BCUT2D eigenvalue weighted by Crippen LogP contribution is -2.38. The van der Waals surface area contributed by atoms with E-state index in [0.29, 0.717) is 13.1 Å². The second kappa shape index (κ2) is 4.51. The Morgan fingerprint density at radius 1 is 1.38 bits per heavy atom. The van der Waals surface area contributed by atoms with E-state index in [9.17, 15) is 9.18 Å². The van der Waals surface area contributed by atoms with Crippen LogP contribution in [0.1, 0.15) is 24.3 Å². The van der Waals surface area contributed by atoms with Crippen LogP contribution in [-0.4, -0.2) is 29.2 Å². The number of rotatable bonds is 1. The predicted molar refractivity (Wildman–Crippen MR) is 58.0 cm³/mol. The Bertz CT molecular complexity index is 377. The van der Waals surface area contributed by atoms with Crippen molar-refractivity contribution in [1.82, 2.24) is 4.90 Å². The zero-order valence-electron chi connectivity index (χ0n) is 8.90. The first kappa shape index (κ1) is 10.9. The third kappa shape index (κ3) is 2.32. The highest BCUT2D eigenvalue weighted by Gasteiger charge is 2.24. The van der Waals surface area contributed by atoms with E-state index in [1.54, 1.807) is 12.1 Å². The Hall–Kier alpha value is -1.58. The summed E-state index contributed by atoms with van der Waals surface area (Å²) in [5, 5.41) is 8.91. The van der Waals surface area contributed by atoms with Gasteiger partial charge in [-0.25, -0.2) is 9.18 Å². The van der Waals surface area contributed by atoms with E-state index < -0.39 is 6.09 Å². The number of likely N-dealkylation sites (tertiary alicyclic amines) is 1. The number of carboxylic acid groups (broad SMARTS) is 1. The van der Waals surface area contributed by atoms with Crippen LogP contribution in [0.15, 0.2) is 24.3 Å². The van der Waals surface area contributed by atoms with Gasteiger partial charge in [-0.3, -0.25) is 0 Å². The lowest BCUT2D eigenvalue weighted by atomic mass is 9.91. The van der Waals surface area contributed by atoms with Crippen LogP contribution in [-0.2, 0) is 0 Å². The second-order valence-electron chi connectivity index (χ2n) is 4.12. The molecule has 86 valence electrons. The number of piperidine rings is 1. The van der Waals surface area contributed by atoms with Gasteiger partial charge in [0.25, 0.3) is 0 Å². The van der Waals surface area contributed by atoms with Gasteiger partial charge in [0.05, 0.1) is 0 Å². The standard InChI is InChI=1S/C12H14FNO2/c13-11-5-3-9(4-6-11)10-2-1-7-14(8-10)12(15)16/h3-6,10H,1-2,7-8H2,(H,15,16). The highest BCUT2D eigenvalue weighted by Crippen LogP contribution is 2.26. The fraction of sp³-hybridized carbons (Fsp3) is 0.417. The number of hydrogen-bond acceptors (Lipinski definition) is 1. The Morgan fingerprint density at radius 2 is 2.06 bits per heavy atom. The third-order valence-electron chi connectivity index (χ3n) is 3.03. The normalized spacial score (nSPS) is 20.8. The fourth-order valence-corrected chi connectivity index (χ4v) is 2.16. The van der Waals surface area contributed by atoms with Gasteiger partial charge in [-0.2, -0.15) is 0 Å². The first-order chi connectivity index (χ1) is 7.66. The predicted octanol–water partition coefficient (Wildman–Crippen LogP) is 2.68. The van der Waals surface area contributed by atoms with Gasteiger partial charge < -0.3 is 10.0 Å². The van der Waals surface area contributed by atoms with Crippen LogP contribution in [0.4, 0.5) is 9.18 Å². The Balaban J connectivity index is 2.09. The molecule has 16 heavy (non-hydrogen) atoms. The lowest BCUT2D eigenvalue weighted by molar-refractivity contribution is 0.130. The summed E-state index contributed by atoms with van der Waals surface area (Å²) in [6, 6.07) is 6.33. The molecule has 1 unspecified atom stereocenters. The number of nitrogens with zero attached hydrogens (tertiary/aromatic N) is 1. The average Bonchev–Trinajstić information content (AvgIpc) is 2.30. The van der Waals surface area contributed by atoms with E-state index in [0.717, 1.165) is 18.4 Å². The van der Waals surface area contributed by atoms with Gasteiger partial charge in [-0.1, -0.05) is 12.1 Å². The van der Waals surface area contributed by atoms with Crippen LogP contribution in [0.25, 0.3) is 0 Å². The SMILES string of the molecule is O=C(O)N1CCCC(c2ccc(F)cc2)C1. The van der Waals surface area contributed by atoms with Crippen molar-refractivity contribution in [3.05, 3.63) is 35.6 Å². The van der Waals surface area contributed by atoms with Gasteiger partial charge >= 0.3 is 6.09 Å². The molecule has 0 bridgehead atoms. The quantitative estimate of drug-likeness (QED) is 0.795. The summed E-state index contributed by atoms with van der Waals surface area (Å²) in [5.41, 5.74) is 1.02. The summed E-state index contributed by atoms with van der Waals surface area (Å²) in [6.45, 7) is 1.12. The molecule has 1 aliphatic rings. The number of carbonyl (C=O) groups is 1. The minimum absolute atomic E-state index is 0.199. The molecule has 0 spiro atoms. The molecule has 1 aromatic carbocycles. The molecule has 0 saturated carbocycles. The van der Waals surface area contributed by atoms with Gasteiger partial charge in [0.1, 0.15) is 5.82 Å². The topological polar surface area (TPSA) is 40.5 Å². The molecular formula is C12H14FNO2. The van der Waals surface area contributed by atoms with Gasteiger partial charge in [0.2, 0.25) is 0 Å². The van der Waals surface area contributed by atoms with Gasteiger partial charge in [-0.15, -0.1) is 0 Å². The summed E-state index contributed by atoms with van der Waals surface area (Å²) in [4.78, 5) is 12.3. The summed E-state index contributed by atoms with van der Waals surface area (Å²) in [5.74, 6) is -0.0555. The van der Waals surface area contributed by atoms with Crippen molar-refractivity contribution in [3.8, 4) is 0 Å². The molecule has 1 atom stereocenters. The summed E-state index contributed by atoms with van der Waals surface area (Å²) < 4.78 is 12.8. The van der Waals surface area contributed by atoms with Gasteiger partial charge in [-0.05, 0) is 30.5 Å². The third-order valence-corrected chi connectivity index (χ3v) is 3.03. The van der Waals surface area contributed by atoms with E-state index in [1.165, 1.54) is 17.0 Å². The number of amides is 1. The number of hydrogen-bond donors (Lipinski definition) is 1. The maximum absolute atomic E-state index is 12.8. The van der Waals surface area contributed by atoms with Crippen molar-refractivity contribution in [2.75, 3.05) is 13.1 Å². The van der Waals surface area contributed by atoms with E-state index in [2.05, 4.69) is 0 Å². The van der Waals surface area contributed by atoms with E-state index in [1.807, 2.05) is 0 Å². The van der Waals surface area contributed by atoms with Crippen LogP contribution in [0.5, 0.6) is 0 Å². The highest BCUT2D eigenvalue weighted by molar-refractivity contribution is 5.65. The number of benzene rings is 1. The van der Waals surface area contributed by atoms with Crippen molar-refractivity contribution in [3.63, 3.8) is 0 Å². The number of halogens is 1. The molecule has 4 heteroatoms. The fourth-order valence-electron chi connectivity index (χ4n) is 2.16.